The predicted molar refractivity (Wildman–Crippen MR) is 85.9 cm³/mol. The molecule has 0 aliphatic carbocycles. The van der Waals surface area contributed by atoms with Crippen LogP contribution in [0, 0.1) is 0 Å². The number of rotatable bonds is 3. The van der Waals surface area contributed by atoms with E-state index in [1.807, 2.05) is 30.1 Å². The van der Waals surface area contributed by atoms with E-state index in [1.54, 1.807) is 7.11 Å². The van der Waals surface area contributed by atoms with Gasteiger partial charge in [-0.05, 0) is 60.1 Å². The number of amides is 1. The topological polar surface area (TPSA) is 41.6 Å². The van der Waals surface area contributed by atoms with Crippen LogP contribution in [-0.2, 0) is 0 Å². The van der Waals surface area contributed by atoms with Crippen LogP contribution in [0.3, 0.4) is 0 Å². The molecular formula is C14H20BrClN2O2. The van der Waals surface area contributed by atoms with Crippen LogP contribution in [0.25, 0.3) is 0 Å². The first-order valence-corrected chi connectivity index (χ1v) is 7.24. The van der Waals surface area contributed by atoms with E-state index < -0.39 is 0 Å². The molecule has 1 fully saturated rings. The molecular weight excluding hydrogens is 344 g/mol. The Kier molecular flexibility index (Phi) is 6.79. The molecule has 20 heavy (non-hydrogen) atoms. The van der Waals surface area contributed by atoms with Crippen LogP contribution >= 0.6 is 28.3 Å². The van der Waals surface area contributed by atoms with Crippen LogP contribution in [0.5, 0.6) is 5.75 Å². The summed E-state index contributed by atoms with van der Waals surface area (Å²) in [5, 5.41) is 3.31. The zero-order valence-electron chi connectivity index (χ0n) is 11.7. The van der Waals surface area contributed by atoms with E-state index in [9.17, 15) is 4.79 Å². The lowest BCUT2D eigenvalue weighted by Gasteiger charge is -2.31. The van der Waals surface area contributed by atoms with Gasteiger partial charge in [-0.1, -0.05) is 0 Å². The number of hydrogen-bond acceptors (Lipinski definition) is 3. The molecule has 1 aliphatic rings. The van der Waals surface area contributed by atoms with Gasteiger partial charge in [0.25, 0.3) is 5.91 Å². The van der Waals surface area contributed by atoms with Crippen molar-refractivity contribution < 1.29 is 9.53 Å². The van der Waals surface area contributed by atoms with Crippen molar-refractivity contribution in [2.45, 2.75) is 18.9 Å². The van der Waals surface area contributed by atoms with Gasteiger partial charge in [0.15, 0.2) is 0 Å². The minimum atomic E-state index is 0. The first-order valence-electron chi connectivity index (χ1n) is 6.45. The lowest BCUT2D eigenvalue weighted by molar-refractivity contribution is 0.0703. The largest absolute Gasteiger partial charge is 0.496 e. The second-order valence-electron chi connectivity index (χ2n) is 4.75. The van der Waals surface area contributed by atoms with Crippen molar-refractivity contribution in [1.82, 2.24) is 10.2 Å². The molecule has 6 heteroatoms. The summed E-state index contributed by atoms with van der Waals surface area (Å²) in [5.41, 5.74) is 0.689. The highest BCUT2D eigenvalue weighted by atomic mass is 79.9. The minimum Gasteiger partial charge on any atom is -0.496 e. The standard InChI is InChI=1S/C14H19BrN2O2.ClH/c1-17(11-5-7-16-8-6-11)14(18)10-3-4-13(19-2)12(15)9-10;/h3-4,9,11,16H,5-8H2,1-2H3;1H. The van der Waals surface area contributed by atoms with Crippen molar-refractivity contribution in [2.24, 2.45) is 0 Å². The Labute approximate surface area is 134 Å². The van der Waals surface area contributed by atoms with Crippen molar-refractivity contribution >= 4 is 34.2 Å². The van der Waals surface area contributed by atoms with Gasteiger partial charge in [0.1, 0.15) is 5.75 Å². The number of nitrogens with zero attached hydrogens (tertiary/aromatic N) is 1. The van der Waals surface area contributed by atoms with Gasteiger partial charge >= 0.3 is 0 Å². The second-order valence-corrected chi connectivity index (χ2v) is 5.60. The van der Waals surface area contributed by atoms with Crippen LogP contribution < -0.4 is 10.1 Å². The van der Waals surface area contributed by atoms with E-state index in [-0.39, 0.29) is 18.3 Å². The Bertz CT molecular complexity index is 464. The van der Waals surface area contributed by atoms with Crippen LogP contribution in [0.1, 0.15) is 23.2 Å². The molecule has 0 atom stereocenters. The fourth-order valence-electron chi connectivity index (χ4n) is 2.36. The van der Waals surface area contributed by atoms with E-state index in [4.69, 9.17) is 4.74 Å². The van der Waals surface area contributed by atoms with E-state index in [2.05, 4.69) is 21.2 Å². The van der Waals surface area contributed by atoms with Gasteiger partial charge < -0.3 is 15.0 Å². The first-order chi connectivity index (χ1) is 9.13. The molecule has 0 bridgehead atoms. The highest BCUT2D eigenvalue weighted by Gasteiger charge is 2.23. The van der Waals surface area contributed by atoms with Gasteiger partial charge in [-0.3, -0.25) is 4.79 Å². The van der Waals surface area contributed by atoms with Gasteiger partial charge in [0, 0.05) is 18.7 Å². The molecule has 4 nitrogen and oxygen atoms in total. The maximum absolute atomic E-state index is 12.4. The molecule has 1 saturated heterocycles. The highest BCUT2D eigenvalue weighted by molar-refractivity contribution is 9.10. The monoisotopic (exact) mass is 362 g/mol. The second kappa shape index (κ2) is 7.86. The Hall–Kier alpha value is -0.780. The molecule has 0 spiro atoms. The van der Waals surface area contributed by atoms with E-state index in [1.165, 1.54) is 0 Å². The van der Waals surface area contributed by atoms with Gasteiger partial charge in [-0.25, -0.2) is 0 Å². The summed E-state index contributed by atoms with van der Waals surface area (Å²) in [7, 11) is 3.50. The van der Waals surface area contributed by atoms with E-state index in [0.717, 1.165) is 36.2 Å². The third-order valence-corrected chi connectivity index (χ3v) is 4.20. The summed E-state index contributed by atoms with van der Waals surface area (Å²) in [4.78, 5) is 14.3. The van der Waals surface area contributed by atoms with E-state index >= 15 is 0 Å². The number of piperidine rings is 1. The lowest BCUT2D eigenvalue weighted by Crippen LogP contribution is -2.43. The molecule has 1 heterocycles. The highest BCUT2D eigenvalue weighted by Crippen LogP contribution is 2.26. The van der Waals surface area contributed by atoms with Crippen molar-refractivity contribution in [2.75, 3.05) is 27.2 Å². The molecule has 0 aromatic heterocycles. The minimum absolute atomic E-state index is 0. The number of methoxy groups -OCH3 is 1. The van der Waals surface area contributed by atoms with Crippen molar-refractivity contribution in [3.63, 3.8) is 0 Å². The van der Waals surface area contributed by atoms with E-state index in [0.29, 0.717) is 11.6 Å². The first kappa shape index (κ1) is 17.3. The third-order valence-electron chi connectivity index (χ3n) is 3.58. The summed E-state index contributed by atoms with van der Waals surface area (Å²) in [5.74, 6) is 0.802. The summed E-state index contributed by atoms with van der Waals surface area (Å²) in [6.07, 6.45) is 2.03. The summed E-state index contributed by atoms with van der Waals surface area (Å²) < 4.78 is 5.98. The van der Waals surface area contributed by atoms with Gasteiger partial charge in [0.05, 0.1) is 11.6 Å². The van der Waals surface area contributed by atoms with Crippen molar-refractivity contribution in [3.8, 4) is 5.75 Å². The van der Waals surface area contributed by atoms with Crippen LogP contribution in [-0.4, -0.2) is 44.1 Å². The molecule has 0 saturated carbocycles. The lowest BCUT2D eigenvalue weighted by atomic mass is 10.0. The number of carbonyl (C=O) groups excluding carboxylic acids is 1. The Balaban J connectivity index is 0.00000200. The average Bonchev–Trinajstić information content (AvgIpc) is 2.46. The summed E-state index contributed by atoms with van der Waals surface area (Å²) in [6.45, 7) is 1.96. The van der Waals surface area contributed by atoms with Gasteiger partial charge in [-0.15, -0.1) is 12.4 Å². The number of ether oxygens (including phenoxy) is 1. The molecule has 1 aromatic carbocycles. The van der Waals surface area contributed by atoms with Crippen molar-refractivity contribution in [3.05, 3.63) is 28.2 Å². The molecule has 1 aliphatic heterocycles. The van der Waals surface area contributed by atoms with Crippen LogP contribution in [0.4, 0.5) is 0 Å². The fourth-order valence-corrected chi connectivity index (χ4v) is 2.90. The van der Waals surface area contributed by atoms with Gasteiger partial charge in [0.2, 0.25) is 0 Å². The average molecular weight is 364 g/mol. The Morgan fingerprint density at radius 1 is 1.40 bits per heavy atom. The Morgan fingerprint density at radius 2 is 2.05 bits per heavy atom. The van der Waals surface area contributed by atoms with Crippen molar-refractivity contribution in [1.29, 1.82) is 0 Å². The SMILES string of the molecule is COc1ccc(C(=O)N(C)C2CCNCC2)cc1Br.Cl. The normalized spacial score (nSPS) is 15.3. The Morgan fingerprint density at radius 3 is 2.60 bits per heavy atom. The summed E-state index contributed by atoms with van der Waals surface area (Å²) in [6, 6.07) is 5.77. The molecule has 0 radical (unpaired) electrons. The molecule has 112 valence electrons. The maximum Gasteiger partial charge on any atom is 0.253 e. The zero-order chi connectivity index (χ0) is 13.8. The molecule has 1 aromatic rings. The zero-order valence-corrected chi connectivity index (χ0v) is 14.1. The number of carbonyl (C=O) groups is 1. The predicted octanol–water partition coefficient (Wildman–Crippen LogP) is 2.70. The van der Waals surface area contributed by atoms with Gasteiger partial charge in [-0.2, -0.15) is 0 Å². The number of benzene rings is 1. The van der Waals surface area contributed by atoms with Crippen LogP contribution in [0.15, 0.2) is 22.7 Å². The quantitative estimate of drug-likeness (QED) is 0.898. The molecule has 2 rings (SSSR count). The summed E-state index contributed by atoms with van der Waals surface area (Å²) >= 11 is 3.42. The molecule has 0 unspecified atom stereocenters. The maximum atomic E-state index is 12.4. The molecule has 1 amide bonds. The number of nitrogens with one attached hydrogen (secondary N) is 1. The number of hydrogen-bond donors (Lipinski definition) is 1. The molecule has 1 N–H and O–H groups in total. The fraction of sp³-hybridized carbons (Fsp3) is 0.500. The van der Waals surface area contributed by atoms with Crippen LogP contribution in [0.2, 0.25) is 0 Å². The number of halogens is 2. The smallest absolute Gasteiger partial charge is 0.253 e. The third kappa shape index (κ3) is 3.87.